The molecular formula is C18H24ClN5O4. The van der Waals surface area contributed by atoms with Crippen molar-refractivity contribution in [1.82, 2.24) is 19.5 Å². The lowest BCUT2D eigenvalue weighted by Crippen LogP contribution is -2.49. The summed E-state index contributed by atoms with van der Waals surface area (Å²) in [5.74, 6) is -0.523. The fourth-order valence-electron chi connectivity index (χ4n) is 3.90. The van der Waals surface area contributed by atoms with Crippen LogP contribution in [0.1, 0.15) is 33.4 Å². The number of fused-ring (bicyclic) bond motifs is 1. The summed E-state index contributed by atoms with van der Waals surface area (Å²) in [7, 11) is 1.57. The van der Waals surface area contributed by atoms with Crippen molar-refractivity contribution < 1.29 is 19.0 Å². The van der Waals surface area contributed by atoms with E-state index in [0.717, 1.165) is 0 Å². The molecular weight excluding hydrogens is 386 g/mol. The second-order valence-electron chi connectivity index (χ2n) is 6.77. The number of rotatable bonds is 6. The maximum Gasteiger partial charge on any atom is 0.303 e. The summed E-state index contributed by atoms with van der Waals surface area (Å²) < 4.78 is 19.6. The van der Waals surface area contributed by atoms with Gasteiger partial charge in [0.2, 0.25) is 5.95 Å². The van der Waals surface area contributed by atoms with Crippen molar-refractivity contribution in [2.45, 2.75) is 51.2 Å². The molecule has 0 saturated carbocycles. The van der Waals surface area contributed by atoms with Gasteiger partial charge in [0.1, 0.15) is 17.2 Å². The summed E-state index contributed by atoms with van der Waals surface area (Å²) in [5.41, 5.74) is 5.75. The molecule has 5 atom stereocenters. The molecule has 28 heavy (non-hydrogen) atoms. The van der Waals surface area contributed by atoms with E-state index < -0.39 is 30.0 Å². The van der Waals surface area contributed by atoms with Gasteiger partial charge in [-0.05, 0) is 6.42 Å². The van der Waals surface area contributed by atoms with E-state index in [9.17, 15) is 4.79 Å². The SMILES string of the molecule is C=C[C@H](C)[C@@]1(CC)O[C@@H](n2cnc3c(Cl)nc(N)nc32)[C@H](OC(C)=O)[C@@H]1OC. The highest BCUT2D eigenvalue weighted by Gasteiger charge is 2.59. The Bertz CT molecular complexity index is 903. The van der Waals surface area contributed by atoms with Gasteiger partial charge >= 0.3 is 5.97 Å². The predicted molar refractivity (Wildman–Crippen MR) is 104 cm³/mol. The van der Waals surface area contributed by atoms with E-state index in [4.69, 9.17) is 31.5 Å². The first kappa shape index (κ1) is 20.5. The number of halogens is 1. The summed E-state index contributed by atoms with van der Waals surface area (Å²) in [4.78, 5) is 24.3. The van der Waals surface area contributed by atoms with Crippen molar-refractivity contribution >= 4 is 34.7 Å². The largest absolute Gasteiger partial charge is 0.455 e. The Hall–Kier alpha value is -2.23. The van der Waals surface area contributed by atoms with Gasteiger partial charge in [0.15, 0.2) is 23.1 Å². The Balaban J connectivity index is 2.18. The first-order valence-corrected chi connectivity index (χ1v) is 9.32. The number of hydrogen-bond acceptors (Lipinski definition) is 8. The maximum absolute atomic E-state index is 11.8. The summed E-state index contributed by atoms with van der Waals surface area (Å²) in [6.45, 7) is 9.21. The Morgan fingerprint density at radius 2 is 2.29 bits per heavy atom. The second kappa shape index (κ2) is 7.65. The average molecular weight is 410 g/mol. The Labute approximate surface area is 167 Å². The van der Waals surface area contributed by atoms with Crippen molar-refractivity contribution in [3.63, 3.8) is 0 Å². The number of imidazole rings is 1. The minimum Gasteiger partial charge on any atom is -0.455 e. The average Bonchev–Trinajstić information content (AvgIpc) is 3.20. The number of anilines is 1. The van der Waals surface area contributed by atoms with Crippen LogP contribution < -0.4 is 5.73 Å². The van der Waals surface area contributed by atoms with E-state index in [1.807, 2.05) is 13.8 Å². The number of carbonyl (C=O) groups is 1. The first-order valence-electron chi connectivity index (χ1n) is 8.95. The predicted octanol–water partition coefficient (Wildman–Crippen LogP) is 2.51. The molecule has 10 heteroatoms. The number of methoxy groups -OCH3 is 1. The monoisotopic (exact) mass is 409 g/mol. The minimum absolute atomic E-state index is 0.00536. The quantitative estimate of drug-likeness (QED) is 0.439. The number of nitrogens with two attached hydrogens (primary N) is 1. The third-order valence-electron chi connectivity index (χ3n) is 5.30. The molecule has 9 nitrogen and oxygen atoms in total. The van der Waals surface area contributed by atoms with E-state index in [1.165, 1.54) is 13.3 Å². The number of ether oxygens (including phenoxy) is 3. The Morgan fingerprint density at radius 1 is 1.57 bits per heavy atom. The van der Waals surface area contributed by atoms with Crippen LogP contribution in [0.25, 0.3) is 11.2 Å². The van der Waals surface area contributed by atoms with Crippen LogP contribution in [-0.2, 0) is 19.0 Å². The van der Waals surface area contributed by atoms with Crippen molar-refractivity contribution in [3.8, 4) is 0 Å². The van der Waals surface area contributed by atoms with Gasteiger partial charge in [-0.1, -0.05) is 31.5 Å². The van der Waals surface area contributed by atoms with Crippen LogP contribution in [0, 0.1) is 5.92 Å². The smallest absolute Gasteiger partial charge is 0.303 e. The number of carbonyl (C=O) groups excluding carboxylic acids is 1. The highest BCUT2D eigenvalue weighted by molar-refractivity contribution is 6.33. The highest BCUT2D eigenvalue weighted by atomic mass is 35.5. The van der Waals surface area contributed by atoms with Gasteiger partial charge in [0, 0.05) is 20.0 Å². The summed E-state index contributed by atoms with van der Waals surface area (Å²) in [6.07, 6.45) is 1.90. The third kappa shape index (κ3) is 3.13. The standard InChI is InChI=1S/C18H24ClN5O4/c1-6-9(3)18(7-2)13(26-5)12(27-10(4)25)16(28-18)24-8-21-11-14(19)22-17(20)23-15(11)24/h6,8-9,12-13,16H,1,7H2,2-5H3,(H2,20,22,23)/t9-,12+,13-,16+,18+/m0/s1. The van der Waals surface area contributed by atoms with Gasteiger partial charge in [-0.3, -0.25) is 9.36 Å². The molecule has 0 amide bonds. The molecule has 1 saturated heterocycles. The molecule has 152 valence electrons. The molecule has 2 aromatic heterocycles. The van der Waals surface area contributed by atoms with E-state index in [1.54, 1.807) is 17.8 Å². The molecule has 0 spiro atoms. The number of nitrogen functional groups attached to an aromatic ring is 1. The molecule has 0 aliphatic carbocycles. The molecule has 2 aromatic rings. The fourth-order valence-corrected chi connectivity index (χ4v) is 4.12. The van der Waals surface area contributed by atoms with Crippen LogP contribution in [0.4, 0.5) is 5.95 Å². The van der Waals surface area contributed by atoms with Crippen molar-refractivity contribution in [1.29, 1.82) is 0 Å². The van der Waals surface area contributed by atoms with E-state index >= 15 is 0 Å². The molecule has 3 heterocycles. The minimum atomic E-state index is -0.764. The molecule has 0 radical (unpaired) electrons. The zero-order valence-electron chi connectivity index (χ0n) is 16.3. The van der Waals surface area contributed by atoms with Gasteiger partial charge in [-0.25, -0.2) is 4.98 Å². The topological polar surface area (TPSA) is 114 Å². The van der Waals surface area contributed by atoms with Crippen molar-refractivity contribution in [2.75, 3.05) is 12.8 Å². The van der Waals surface area contributed by atoms with E-state index in [2.05, 4.69) is 21.5 Å². The molecule has 0 bridgehead atoms. The zero-order chi connectivity index (χ0) is 20.6. The molecule has 1 aliphatic rings. The summed E-state index contributed by atoms with van der Waals surface area (Å²) >= 11 is 6.14. The lowest BCUT2D eigenvalue weighted by molar-refractivity contribution is -0.156. The van der Waals surface area contributed by atoms with Gasteiger partial charge in [-0.2, -0.15) is 9.97 Å². The first-order chi connectivity index (χ1) is 13.3. The molecule has 3 rings (SSSR count). The highest BCUT2D eigenvalue weighted by Crippen LogP contribution is 2.47. The second-order valence-corrected chi connectivity index (χ2v) is 7.13. The van der Waals surface area contributed by atoms with Crippen molar-refractivity contribution in [3.05, 3.63) is 24.1 Å². The van der Waals surface area contributed by atoms with Crippen LogP contribution in [0.5, 0.6) is 0 Å². The van der Waals surface area contributed by atoms with Gasteiger partial charge < -0.3 is 19.9 Å². The molecule has 0 aromatic carbocycles. The normalized spacial score (nSPS) is 28.4. The molecule has 1 fully saturated rings. The van der Waals surface area contributed by atoms with Crippen molar-refractivity contribution in [2.24, 2.45) is 5.92 Å². The van der Waals surface area contributed by atoms with E-state index in [-0.39, 0.29) is 17.0 Å². The molecule has 2 N–H and O–H groups in total. The Morgan fingerprint density at radius 3 is 2.86 bits per heavy atom. The van der Waals surface area contributed by atoms with E-state index in [0.29, 0.717) is 17.6 Å². The number of esters is 1. The van der Waals surface area contributed by atoms with Crippen LogP contribution in [0.15, 0.2) is 19.0 Å². The summed E-state index contributed by atoms with van der Waals surface area (Å²) in [5, 5.41) is 0.132. The Kier molecular flexibility index (Phi) is 5.60. The molecule has 1 aliphatic heterocycles. The van der Waals surface area contributed by atoms with Gasteiger partial charge in [0.05, 0.1) is 6.33 Å². The fraction of sp³-hybridized carbons (Fsp3) is 0.556. The van der Waals surface area contributed by atoms with Gasteiger partial charge in [-0.15, -0.1) is 6.58 Å². The lowest BCUT2D eigenvalue weighted by Gasteiger charge is -2.37. The molecule has 0 unspecified atom stereocenters. The van der Waals surface area contributed by atoms with Crippen LogP contribution in [0.2, 0.25) is 5.15 Å². The zero-order valence-corrected chi connectivity index (χ0v) is 17.0. The lowest BCUT2D eigenvalue weighted by atomic mass is 9.81. The van der Waals surface area contributed by atoms with Crippen LogP contribution in [0.3, 0.4) is 0 Å². The van der Waals surface area contributed by atoms with Crippen LogP contribution in [-0.4, -0.2) is 50.4 Å². The van der Waals surface area contributed by atoms with Gasteiger partial charge in [0.25, 0.3) is 0 Å². The van der Waals surface area contributed by atoms with Crippen LogP contribution >= 0.6 is 11.6 Å². The summed E-state index contributed by atoms with van der Waals surface area (Å²) in [6, 6.07) is 0. The number of nitrogens with zero attached hydrogens (tertiary/aromatic N) is 4. The number of hydrogen-bond donors (Lipinski definition) is 1. The third-order valence-corrected chi connectivity index (χ3v) is 5.57. The maximum atomic E-state index is 11.8. The number of aromatic nitrogens is 4.